The van der Waals surface area contributed by atoms with E-state index in [4.69, 9.17) is 5.73 Å². The molecule has 1 amide bonds. The van der Waals surface area contributed by atoms with Gasteiger partial charge in [-0.1, -0.05) is 78.9 Å². The van der Waals surface area contributed by atoms with E-state index in [0.717, 1.165) is 55.6 Å². The van der Waals surface area contributed by atoms with Gasteiger partial charge in [-0.2, -0.15) is 0 Å². The molecule has 5 aromatic rings. The van der Waals surface area contributed by atoms with Gasteiger partial charge in [-0.15, -0.1) is 0 Å². The lowest BCUT2D eigenvalue weighted by Crippen LogP contribution is -2.37. The first-order chi connectivity index (χ1) is 22.9. The first kappa shape index (κ1) is 31.3. The third-order valence-electron chi connectivity index (χ3n) is 8.61. The van der Waals surface area contributed by atoms with E-state index in [1.807, 2.05) is 74.8 Å². The van der Waals surface area contributed by atoms with Crippen molar-refractivity contribution in [1.29, 1.82) is 0 Å². The normalized spacial score (nSPS) is 14.2. The fourth-order valence-electron chi connectivity index (χ4n) is 6.39. The lowest BCUT2D eigenvalue weighted by molar-refractivity contribution is -0.672. The van der Waals surface area contributed by atoms with Crippen LogP contribution in [0.4, 0.5) is 11.4 Å². The molecule has 0 radical (unpaired) electrons. The summed E-state index contributed by atoms with van der Waals surface area (Å²) in [5.41, 5.74) is 9.77. The fraction of sp³-hybridized carbons (Fsp3) is 0.184. The number of carboxylic acids is 1. The molecule has 0 aliphatic carbocycles. The number of hydrogen-bond donors (Lipinski definition) is 3. The molecule has 9 heteroatoms. The number of anilines is 2. The first-order valence-corrected chi connectivity index (χ1v) is 15.7. The van der Waals surface area contributed by atoms with Gasteiger partial charge in [0.2, 0.25) is 5.91 Å². The number of imidazole rings is 1. The van der Waals surface area contributed by atoms with Gasteiger partial charge in [0.05, 0.1) is 31.5 Å². The fourth-order valence-corrected chi connectivity index (χ4v) is 6.39. The van der Waals surface area contributed by atoms with E-state index in [1.165, 1.54) is 0 Å². The minimum absolute atomic E-state index is 0.0317. The highest BCUT2D eigenvalue weighted by atomic mass is 16.4. The molecular weight excluding hydrogens is 588 g/mol. The highest BCUT2D eigenvalue weighted by Gasteiger charge is 2.30. The van der Waals surface area contributed by atoms with Crippen molar-refractivity contribution in [2.45, 2.75) is 19.4 Å². The van der Waals surface area contributed by atoms with Gasteiger partial charge in [-0.25, -0.2) is 9.13 Å². The molecule has 0 bridgehead atoms. The smallest absolute Gasteiger partial charge is 0.307 e. The average molecular weight is 628 g/mol. The Hall–Kier alpha value is -5.67. The number of fused-ring (bicyclic) bond motifs is 6. The monoisotopic (exact) mass is 627 g/mol. The number of nitrogens with zero attached hydrogens (tertiary/aromatic N) is 4. The summed E-state index contributed by atoms with van der Waals surface area (Å²) in [6.45, 7) is 0.995. The zero-order valence-corrected chi connectivity index (χ0v) is 26.6. The maximum Gasteiger partial charge on any atom is 0.307 e. The van der Waals surface area contributed by atoms with E-state index >= 15 is 0 Å². The number of rotatable bonds is 11. The van der Waals surface area contributed by atoms with Gasteiger partial charge in [0.15, 0.2) is 11.0 Å². The quantitative estimate of drug-likeness (QED) is 0.100. The van der Waals surface area contributed by atoms with Crippen LogP contribution in [0.3, 0.4) is 0 Å². The molecule has 0 saturated carbocycles. The predicted molar refractivity (Wildman–Crippen MR) is 190 cm³/mol. The molecular formula is C38H39N6O3+. The summed E-state index contributed by atoms with van der Waals surface area (Å²) < 4.78 is 4.20. The molecule has 1 aliphatic rings. The van der Waals surface area contributed by atoms with Crippen LogP contribution in [-0.4, -0.2) is 41.8 Å². The summed E-state index contributed by atoms with van der Waals surface area (Å²) in [7, 11) is 4.05. The standard InChI is InChI=1S/C38H38N6O3/c1-41-31-20-18-27-12-8-10-14-29(27)37(31)43(24-22-33(45)40-26-39)34(41)16-6-4-3-5-7-17-35-42(2)32-21-19-28-13-9-11-15-30(28)38(32)44(35)25-23-36(46)47/h3-21H,22-26,39H2,1-2H3,(H-,40,45,46,47)/p+1. The Morgan fingerprint density at radius 1 is 0.851 bits per heavy atom. The largest absolute Gasteiger partial charge is 0.481 e. The Balaban J connectivity index is 1.26. The van der Waals surface area contributed by atoms with Crippen molar-refractivity contribution in [1.82, 2.24) is 9.88 Å². The first-order valence-electron chi connectivity index (χ1n) is 15.7. The van der Waals surface area contributed by atoms with E-state index < -0.39 is 5.97 Å². The summed E-state index contributed by atoms with van der Waals surface area (Å²) in [5.74, 6) is 0.974. The van der Waals surface area contributed by atoms with E-state index in [1.54, 1.807) is 0 Å². The Bertz CT molecular complexity index is 2110. The summed E-state index contributed by atoms with van der Waals surface area (Å²) in [6.07, 6.45) is 14.3. The molecule has 0 atom stereocenters. The number of allylic oxidation sites excluding steroid dienone is 6. The number of carboxylic acid groups (broad SMARTS) is 1. The second kappa shape index (κ2) is 13.8. The maximum absolute atomic E-state index is 12.3. The third kappa shape index (κ3) is 6.25. The number of carbonyl (C=O) groups is 2. The Morgan fingerprint density at radius 2 is 1.53 bits per heavy atom. The van der Waals surface area contributed by atoms with E-state index in [0.29, 0.717) is 19.5 Å². The van der Waals surface area contributed by atoms with Gasteiger partial charge in [-0.3, -0.25) is 9.59 Å². The maximum atomic E-state index is 12.3. The third-order valence-corrected chi connectivity index (χ3v) is 8.61. The van der Waals surface area contributed by atoms with Gasteiger partial charge >= 0.3 is 5.97 Å². The molecule has 6 rings (SSSR count). The molecule has 4 aromatic carbocycles. The Kier molecular flexibility index (Phi) is 9.17. The van der Waals surface area contributed by atoms with E-state index in [9.17, 15) is 14.7 Å². The SMILES string of the molecule is CN1/C(=C/C=C/C=C/C=C/c2n(C)c3ccc4ccccc4c3[n+]2CCC(=O)O)N(CCC(=O)NCN)c2c1ccc1ccccc21. The second-order valence-electron chi connectivity index (χ2n) is 11.4. The number of amides is 1. The molecule has 1 aliphatic heterocycles. The van der Waals surface area contributed by atoms with Crippen molar-refractivity contribution in [3.05, 3.63) is 121 Å². The van der Waals surface area contributed by atoms with Crippen LogP contribution in [0, 0.1) is 0 Å². The van der Waals surface area contributed by atoms with Gasteiger partial charge in [0.1, 0.15) is 12.4 Å². The number of aryl methyl sites for hydroxylation is 2. The highest BCUT2D eigenvalue weighted by Crippen LogP contribution is 2.45. The number of hydrogen-bond acceptors (Lipinski definition) is 5. The molecule has 238 valence electrons. The highest BCUT2D eigenvalue weighted by molar-refractivity contribution is 6.05. The molecule has 2 heterocycles. The average Bonchev–Trinajstić information content (AvgIpc) is 3.51. The van der Waals surface area contributed by atoms with E-state index in [-0.39, 0.29) is 19.0 Å². The van der Waals surface area contributed by atoms with Gasteiger partial charge in [0.25, 0.3) is 5.82 Å². The number of aliphatic carboxylic acids is 1. The predicted octanol–water partition coefficient (Wildman–Crippen LogP) is 5.59. The Labute approximate surface area is 273 Å². The van der Waals surface area contributed by atoms with Crippen molar-refractivity contribution >= 4 is 61.9 Å². The van der Waals surface area contributed by atoms with Gasteiger partial charge < -0.3 is 26.0 Å². The second-order valence-corrected chi connectivity index (χ2v) is 11.4. The summed E-state index contributed by atoms with van der Waals surface area (Å²) in [5, 5.41) is 16.6. The lowest BCUT2D eigenvalue weighted by atomic mass is 10.1. The van der Waals surface area contributed by atoms with Crippen molar-refractivity contribution in [3.8, 4) is 0 Å². The van der Waals surface area contributed by atoms with Crippen LogP contribution in [0.15, 0.2) is 115 Å². The molecule has 47 heavy (non-hydrogen) atoms. The molecule has 1 aromatic heterocycles. The molecule has 0 fully saturated rings. The summed E-state index contributed by atoms with van der Waals surface area (Å²) in [4.78, 5) is 28.2. The van der Waals surface area contributed by atoms with Gasteiger partial charge in [-0.05, 0) is 41.1 Å². The molecule has 9 nitrogen and oxygen atoms in total. The lowest BCUT2D eigenvalue weighted by Gasteiger charge is -2.23. The number of carbonyl (C=O) groups excluding carboxylic acids is 1. The van der Waals surface area contributed by atoms with Crippen molar-refractivity contribution in [2.24, 2.45) is 12.8 Å². The van der Waals surface area contributed by atoms with Crippen LogP contribution in [0.2, 0.25) is 0 Å². The van der Waals surface area contributed by atoms with Crippen molar-refractivity contribution < 1.29 is 19.3 Å². The van der Waals surface area contributed by atoms with Crippen LogP contribution in [0.1, 0.15) is 18.7 Å². The number of nitrogens with one attached hydrogen (secondary N) is 1. The molecule has 0 spiro atoms. The van der Waals surface area contributed by atoms with Crippen molar-refractivity contribution in [3.63, 3.8) is 0 Å². The minimum atomic E-state index is -0.828. The number of benzene rings is 4. The van der Waals surface area contributed by atoms with Gasteiger partial charge in [0, 0.05) is 36.9 Å². The minimum Gasteiger partial charge on any atom is -0.481 e. The van der Waals surface area contributed by atoms with Crippen LogP contribution in [-0.2, 0) is 23.2 Å². The Morgan fingerprint density at radius 3 is 2.30 bits per heavy atom. The molecule has 0 unspecified atom stereocenters. The zero-order chi connectivity index (χ0) is 32.9. The van der Waals surface area contributed by atoms with Crippen molar-refractivity contribution in [2.75, 3.05) is 30.1 Å². The number of aromatic nitrogens is 2. The van der Waals surface area contributed by atoms with Crippen LogP contribution < -0.4 is 25.4 Å². The van der Waals surface area contributed by atoms with Crippen LogP contribution >= 0.6 is 0 Å². The summed E-state index contributed by atoms with van der Waals surface area (Å²) >= 11 is 0. The zero-order valence-electron chi connectivity index (χ0n) is 26.6. The topological polar surface area (TPSA) is 108 Å². The summed E-state index contributed by atoms with van der Waals surface area (Å²) in [6, 6.07) is 24.9. The molecule has 4 N–H and O–H groups in total. The van der Waals surface area contributed by atoms with E-state index in [2.05, 4.69) is 78.9 Å². The van der Waals surface area contributed by atoms with Crippen LogP contribution in [0.25, 0.3) is 38.7 Å². The molecule has 0 saturated heterocycles. The van der Waals surface area contributed by atoms with Crippen LogP contribution in [0.5, 0.6) is 0 Å². The number of nitrogens with two attached hydrogens (primary N) is 1.